The number of hydrazine groups is 1. The standard InChI is InChI=1S/C26H34N3O6S2/c1-19(26(31)33-18-34-27-29(32)28-13-4-5-14-28)20-8-9-22-17-23(11-10-21(22)16-20)35-25(30)7-3-2-6-24-12-15-36-37-24/h8-11,16-17,19,24H,2-7,12-15,18H2,1H3,(H,27,32)/q+1/t19-,24+/m0/s1. The maximum absolute atomic E-state index is 12.4. The van der Waals surface area contributed by atoms with Crippen LogP contribution in [0.2, 0.25) is 0 Å². The second kappa shape index (κ2) is 13.8. The molecule has 0 spiro atoms. The maximum Gasteiger partial charge on any atom is 0.316 e. The number of fused-ring (bicyclic) bond motifs is 1. The van der Waals surface area contributed by atoms with Gasteiger partial charge in [0.1, 0.15) is 5.75 Å². The van der Waals surface area contributed by atoms with Crippen LogP contribution in [-0.4, -0.2) is 58.0 Å². The van der Waals surface area contributed by atoms with Crippen LogP contribution in [-0.2, 0) is 19.2 Å². The molecule has 0 amide bonds. The van der Waals surface area contributed by atoms with Gasteiger partial charge in [-0.25, -0.2) is 5.21 Å². The quantitative estimate of drug-likeness (QED) is 0.0511. The number of carbonyl (C=O) groups is 2. The third-order valence-electron chi connectivity index (χ3n) is 6.53. The fourth-order valence-electron chi connectivity index (χ4n) is 4.32. The monoisotopic (exact) mass is 548 g/mol. The first kappa shape index (κ1) is 27.4. The van der Waals surface area contributed by atoms with Gasteiger partial charge >= 0.3 is 11.9 Å². The average Bonchev–Trinajstić information content (AvgIpc) is 3.63. The second-order valence-corrected chi connectivity index (χ2v) is 12.0. The van der Waals surface area contributed by atoms with Crippen molar-refractivity contribution in [3.63, 3.8) is 0 Å². The van der Waals surface area contributed by atoms with E-state index in [1.54, 1.807) is 18.0 Å². The molecule has 2 aliphatic heterocycles. The molecule has 0 aliphatic carbocycles. The van der Waals surface area contributed by atoms with Crippen LogP contribution in [0.1, 0.15) is 63.4 Å². The number of unbranched alkanes of at least 4 members (excludes halogenated alkanes) is 1. The van der Waals surface area contributed by atoms with Gasteiger partial charge in [0, 0.05) is 17.4 Å². The van der Waals surface area contributed by atoms with Crippen molar-refractivity contribution in [1.29, 1.82) is 0 Å². The van der Waals surface area contributed by atoms with Gasteiger partial charge in [-0.2, -0.15) is 0 Å². The van der Waals surface area contributed by atoms with Gasteiger partial charge in [-0.15, -0.1) is 5.01 Å². The molecule has 37 heavy (non-hydrogen) atoms. The molecule has 9 nitrogen and oxygen atoms in total. The summed E-state index contributed by atoms with van der Waals surface area (Å²) in [7, 11) is 3.92. The van der Waals surface area contributed by atoms with E-state index < -0.39 is 18.7 Å². The molecule has 4 rings (SSSR count). The predicted octanol–water partition coefficient (Wildman–Crippen LogP) is 5.86. The van der Waals surface area contributed by atoms with Gasteiger partial charge in [0.15, 0.2) is 0 Å². The van der Waals surface area contributed by atoms with Crippen molar-refractivity contribution in [2.45, 2.75) is 63.0 Å². The van der Waals surface area contributed by atoms with Crippen molar-refractivity contribution in [3.05, 3.63) is 42.0 Å². The van der Waals surface area contributed by atoms with Crippen LogP contribution < -0.4 is 4.74 Å². The highest BCUT2D eigenvalue weighted by molar-refractivity contribution is 8.77. The summed E-state index contributed by atoms with van der Waals surface area (Å²) in [5.41, 5.74) is 0.791. The third kappa shape index (κ3) is 8.16. The summed E-state index contributed by atoms with van der Waals surface area (Å²) >= 11 is 0. The molecule has 2 atom stereocenters. The number of hydrogen-bond donors (Lipinski definition) is 1. The molecule has 2 aromatic rings. The van der Waals surface area contributed by atoms with Crippen LogP contribution in [0.5, 0.6) is 5.75 Å². The Balaban J connectivity index is 1.22. The first-order valence-corrected chi connectivity index (χ1v) is 15.1. The molecule has 2 fully saturated rings. The van der Waals surface area contributed by atoms with Crippen LogP contribution >= 0.6 is 21.6 Å². The Kier molecular flexibility index (Phi) is 10.2. The molecule has 0 radical (unpaired) electrons. The van der Waals surface area contributed by atoms with Gasteiger partial charge in [-0.05, 0) is 67.5 Å². The van der Waals surface area contributed by atoms with Crippen molar-refractivity contribution in [2.75, 3.05) is 25.6 Å². The van der Waals surface area contributed by atoms with E-state index in [-0.39, 0.29) is 5.97 Å². The van der Waals surface area contributed by atoms with Crippen molar-refractivity contribution >= 4 is 44.3 Å². The van der Waals surface area contributed by atoms with Crippen molar-refractivity contribution < 1.29 is 34.1 Å². The summed E-state index contributed by atoms with van der Waals surface area (Å²) in [4.78, 5) is 30.3. The molecule has 2 saturated heterocycles. The summed E-state index contributed by atoms with van der Waals surface area (Å²) in [6.07, 6.45) is 6.72. The number of benzene rings is 2. The fourth-order valence-corrected chi connectivity index (χ4v) is 7.34. The van der Waals surface area contributed by atoms with Crippen LogP contribution in [0.3, 0.4) is 0 Å². The van der Waals surface area contributed by atoms with E-state index in [0.29, 0.717) is 30.2 Å². The number of carbonyl (C=O) groups excluding carboxylic acids is 2. The lowest BCUT2D eigenvalue weighted by Gasteiger charge is -2.12. The normalized spacial score (nSPS) is 18.7. The fraction of sp³-hybridized carbons (Fsp3) is 0.538. The van der Waals surface area contributed by atoms with E-state index in [9.17, 15) is 14.8 Å². The molecule has 1 N–H and O–H groups in total. The number of esters is 2. The largest absolute Gasteiger partial charge is 0.427 e. The highest BCUT2D eigenvalue weighted by Crippen LogP contribution is 2.40. The molecule has 2 aliphatic rings. The van der Waals surface area contributed by atoms with E-state index in [1.165, 1.54) is 12.2 Å². The summed E-state index contributed by atoms with van der Waals surface area (Å²) in [6, 6.07) is 11.2. The minimum Gasteiger partial charge on any atom is -0.427 e. The van der Waals surface area contributed by atoms with Crippen molar-refractivity contribution in [1.82, 2.24) is 5.01 Å². The molecule has 2 heterocycles. The zero-order valence-corrected chi connectivity index (χ0v) is 22.7. The Morgan fingerprint density at radius 2 is 1.95 bits per heavy atom. The zero-order valence-electron chi connectivity index (χ0n) is 21.0. The van der Waals surface area contributed by atoms with E-state index in [0.717, 1.165) is 53.7 Å². The van der Waals surface area contributed by atoms with Crippen LogP contribution in [0.15, 0.2) is 41.7 Å². The number of ether oxygens (including phenoxy) is 2. The first-order chi connectivity index (χ1) is 18.0. The molecule has 2 aromatic carbocycles. The van der Waals surface area contributed by atoms with E-state index >= 15 is 0 Å². The molecule has 0 aromatic heterocycles. The highest BCUT2D eigenvalue weighted by Gasteiger charge is 2.24. The van der Waals surface area contributed by atoms with Gasteiger partial charge in [-0.1, -0.05) is 52.3 Å². The smallest absolute Gasteiger partial charge is 0.316 e. The average molecular weight is 549 g/mol. The third-order valence-corrected chi connectivity index (χ3v) is 9.53. The zero-order chi connectivity index (χ0) is 26.0. The molecular formula is C26H34N3O6S2+. The lowest BCUT2D eigenvalue weighted by Crippen LogP contribution is -2.29. The highest BCUT2D eigenvalue weighted by atomic mass is 33.1. The number of rotatable bonds is 12. The summed E-state index contributed by atoms with van der Waals surface area (Å²) < 4.78 is 10.7. The number of nitrogens with zero attached hydrogens (tertiary/aromatic N) is 3. The molecule has 11 heteroatoms. The lowest BCUT2D eigenvalue weighted by molar-refractivity contribution is -0.939. The molecule has 0 bridgehead atoms. The SMILES string of the molecule is C[C@H](C(=O)OCO/N=[N+](\O)N1CCCC1)c1ccc2cc(OC(=O)CCCC[C@@H]3CCSS3)ccc2c1. The minimum atomic E-state index is -0.518. The Labute approximate surface area is 224 Å². The van der Waals surface area contributed by atoms with E-state index in [2.05, 4.69) is 5.28 Å². The Bertz CT molecular complexity index is 1100. The molecule has 0 unspecified atom stereocenters. The topological polar surface area (TPSA) is 101 Å². The minimum absolute atomic E-state index is 0.209. The second-order valence-electron chi connectivity index (χ2n) is 9.26. The molecule has 0 saturated carbocycles. The number of hydrogen-bond acceptors (Lipinski definition) is 8. The molecular weight excluding hydrogens is 514 g/mol. The summed E-state index contributed by atoms with van der Waals surface area (Å²) in [5.74, 6) is 0.568. The van der Waals surface area contributed by atoms with Gasteiger partial charge in [0.25, 0.3) is 17.0 Å². The lowest BCUT2D eigenvalue weighted by atomic mass is 9.98. The van der Waals surface area contributed by atoms with Gasteiger partial charge in [0.05, 0.1) is 19.0 Å². The Morgan fingerprint density at radius 3 is 2.73 bits per heavy atom. The van der Waals surface area contributed by atoms with Gasteiger partial charge < -0.3 is 9.47 Å². The van der Waals surface area contributed by atoms with Crippen molar-refractivity contribution in [3.8, 4) is 5.75 Å². The first-order valence-electron chi connectivity index (χ1n) is 12.8. The Morgan fingerprint density at radius 1 is 1.16 bits per heavy atom. The maximum atomic E-state index is 12.4. The van der Waals surface area contributed by atoms with Crippen LogP contribution in [0.4, 0.5) is 0 Å². The van der Waals surface area contributed by atoms with Crippen molar-refractivity contribution in [2.24, 2.45) is 5.28 Å². The summed E-state index contributed by atoms with van der Waals surface area (Å²) in [6.45, 7) is 2.76. The Hall–Kier alpha value is -2.66. The summed E-state index contributed by atoms with van der Waals surface area (Å²) in [5, 5.41) is 17.5. The molecule has 200 valence electrons. The van der Waals surface area contributed by atoms with Crippen LogP contribution in [0, 0.1) is 0 Å². The van der Waals surface area contributed by atoms with Gasteiger partial charge in [0.2, 0.25) is 0 Å². The van der Waals surface area contributed by atoms with Crippen LogP contribution in [0.25, 0.3) is 10.8 Å². The van der Waals surface area contributed by atoms with Gasteiger partial charge in [-0.3, -0.25) is 14.4 Å². The van der Waals surface area contributed by atoms with E-state index in [4.69, 9.17) is 14.3 Å². The predicted molar refractivity (Wildman–Crippen MR) is 142 cm³/mol. The van der Waals surface area contributed by atoms with E-state index in [1.807, 2.05) is 51.9 Å².